The summed E-state index contributed by atoms with van der Waals surface area (Å²) in [6, 6.07) is 18.1. The number of hydrogen-bond donors (Lipinski definition) is 0. The van der Waals surface area contributed by atoms with Gasteiger partial charge in [0.05, 0.1) is 16.3 Å². The number of hydrogen-bond acceptors (Lipinski definition) is 7. The number of nitro groups is 1. The van der Waals surface area contributed by atoms with Gasteiger partial charge in [0.2, 0.25) is 5.91 Å². The molecule has 0 saturated carbocycles. The number of nitro benzene ring substituents is 1. The summed E-state index contributed by atoms with van der Waals surface area (Å²) >= 11 is 1.49. The van der Waals surface area contributed by atoms with E-state index in [9.17, 15) is 19.7 Å². The average Bonchev–Trinajstić information content (AvgIpc) is 3.46. The molecule has 5 rings (SSSR count). The molecule has 3 heterocycles. The average molecular weight is 421 g/mol. The monoisotopic (exact) mass is 421 g/mol. The summed E-state index contributed by atoms with van der Waals surface area (Å²) in [5.74, 6) is -1.57. The van der Waals surface area contributed by atoms with Crippen molar-refractivity contribution in [3.63, 3.8) is 0 Å². The number of thiophene rings is 1. The lowest BCUT2D eigenvalue weighted by Crippen LogP contribution is -2.37. The quantitative estimate of drug-likeness (QED) is 0.362. The van der Waals surface area contributed by atoms with E-state index < -0.39 is 28.9 Å². The maximum atomic E-state index is 13.4. The van der Waals surface area contributed by atoms with Crippen LogP contribution in [0.1, 0.15) is 10.9 Å². The fourth-order valence-corrected chi connectivity index (χ4v) is 4.79. The molecule has 8 nitrogen and oxygen atoms in total. The Bertz CT molecular complexity index is 1120. The molecule has 2 aromatic carbocycles. The minimum absolute atomic E-state index is 0.110. The molecule has 150 valence electrons. The molecule has 2 saturated heterocycles. The summed E-state index contributed by atoms with van der Waals surface area (Å²) < 4.78 is 0. The highest BCUT2D eigenvalue weighted by atomic mass is 32.1. The van der Waals surface area contributed by atoms with Crippen molar-refractivity contribution in [2.45, 2.75) is 12.1 Å². The summed E-state index contributed by atoms with van der Waals surface area (Å²) in [6.45, 7) is 0. The Kier molecular flexibility index (Phi) is 4.34. The van der Waals surface area contributed by atoms with Crippen molar-refractivity contribution in [2.24, 2.45) is 5.92 Å². The molecule has 3 atom stereocenters. The van der Waals surface area contributed by atoms with E-state index in [1.165, 1.54) is 35.6 Å². The molecule has 0 bridgehead atoms. The molecule has 0 radical (unpaired) electrons. The number of anilines is 2. The highest BCUT2D eigenvalue weighted by Gasteiger charge is 2.60. The molecule has 0 spiro atoms. The van der Waals surface area contributed by atoms with Gasteiger partial charge in [-0.3, -0.25) is 24.5 Å². The highest BCUT2D eigenvalue weighted by molar-refractivity contribution is 7.10. The van der Waals surface area contributed by atoms with Crippen LogP contribution in [0.5, 0.6) is 0 Å². The summed E-state index contributed by atoms with van der Waals surface area (Å²) in [5, 5.41) is 14.5. The van der Waals surface area contributed by atoms with Crippen molar-refractivity contribution in [1.82, 2.24) is 0 Å². The molecular formula is C21H15N3O5S. The third-order valence-corrected chi connectivity index (χ3v) is 6.22. The number of carbonyl (C=O) groups is 2. The first-order valence-electron chi connectivity index (χ1n) is 9.23. The second kappa shape index (κ2) is 7.05. The van der Waals surface area contributed by atoms with Gasteiger partial charge in [0.1, 0.15) is 12.0 Å². The predicted molar refractivity (Wildman–Crippen MR) is 110 cm³/mol. The van der Waals surface area contributed by atoms with Gasteiger partial charge in [-0.1, -0.05) is 24.3 Å². The summed E-state index contributed by atoms with van der Waals surface area (Å²) in [7, 11) is 0. The van der Waals surface area contributed by atoms with Gasteiger partial charge < -0.3 is 0 Å². The van der Waals surface area contributed by atoms with Gasteiger partial charge in [0.25, 0.3) is 11.6 Å². The van der Waals surface area contributed by atoms with Crippen LogP contribution >= 0.6 is 11.3 Å². The molecular weight excluding hydrogens is 406 g/mol. The SMILES string of the molecule is O=C1[C@H]2[C@@H](ON(c3ccccc3)[C@H]2c2cccs2)C(=O)N1c1ccc([N+](=O)[O-])cc1. The molecule has 3 aromatic rings. The van der Waals surface area contributed by atoms with Crippen molar-refractivity contribution < 1.29 is 19.3 Å². The zero-order valence-electron chi connectivity index (χ0n) is 15.5. The Labute approximate surface area is 175 Å². The number of benzene rings is 2. The van der Waals surface area contributed by atoms with Crippen molar-refractivity contribution >= 4 is 40.2 Å². The molecule has 1 aromatic heterocycles. The summed E-state index contributed by atoms with van der Waals surface area (Å²) in [4.78, 5) is 44.9. The first kappa shape index (κ1) is 18.5. The highest BCUT2D eigenvalue weighted by Crippen LogP contribution is 2.48. The fourth-order valence-electron chi connectivity index (χ4n) is 3.94. The smallest absolute Gasteiger partial charge is 0.269 e. The van der Waals surface area contributed by atoms with Crippen LogP contribution in [-0.4, -0.2) is 22.8 Å². The minimum atomic E-state index is -0.958. The van der Waals surface area contributed by atoms with Gasteiger partial charge >= 0.3 is 0 Å². The van der Waals surface area contributed by atoms with E-state index in [1.54, 1.807) is 5.06 Å². The number of para-hydroxylation sites is 1. The van der Waals surface area contributed by atoms with Gasteiger partial charge in [-0.2, -0.15) is 0 Å². The molecule has 2 fully saturated rings. The molecule has 0 aliphatic carbocycles. The number of imide groups is 1. The van der Waals surface area contributed by atoms with Crippen molar-refractivity contribution in [3.8, 4) is 0 Å². The number of hydroxylamine groups is 1. The normalized spacial score (nSPS) is 23.1. The van der Waals surface area contributed by atoms with Crippen LogP contribution in [0.2, 0.25) is 0 Å². The zero-order valence-corrected chi connectivity index (χ0v) is 16.3. The third-order valence-electron chi connectivity index (χ3n) is 5.28. The third kappa shape index (κ3) is 2.78. The van der Waals surface area contributed by atoms with E-state index in [1.807, 2.05) is 47.8 Å². The predicted octanol–water partition coefficient (Wildman–Crippen LogP) is 3.71. The van der Waals surface area contributed by atoms with Crippen molar-refractivity contribution in [1.29, 1.82) is 0 Å². The molecule has 0 N–H and O–H groups in total. The second-order valence-corrected chi connectivity index (χ2v) is 7.94. The first-order valence-corrected chi connectivity index (χ1v) is 10.1. The Hall–Kier alpha value is -3.56. The van der Waals surface area contributed by atoms with E-state index in [4.69, 9.17) is 4.84 Å². The largest absolute Gasteiger partial charge is 0.273 e. The lowest BCUT2D eigenvalue weighted by atomic mass is 9.95. The van der Waals surface area contributed by atoms with Crippen molar-refractivity contribution in [2.75, 3.05) is 9.96 Å². The maximum absolute atomic E-state index is 13.4. The standard InChI is InChI=1S/C21H15N3O5S/c25-20-17-18(16-7-4-12-30-16)23(14-5-2-1-3-6-14)29-19(17)21(26)22(20)13-8-10-15(11-9-13)24(27)28/h1-12,17-19H/t17-,18+,19-/m1/s1. The maximum Gasteiger partial charge on any atom is 0.269 e. The molecule has 9 heteroatoms. The number of rotatable bonds is 4. The summed E-state index contributed by atoms with van der Waals surface area (Å²) in [5.41, 5.74) is 0.943. The van der Waals surface area contributed by atoms with Crippen molar-refractivity contribution in [3.05, 3.63) is 87.1 Å². The fraction of sp³-hybridized carbons (Fsp3) is 0.143. The Balaban J connectivity index is 1.53. The topological polar surface area (TPSA) is 93.0 Å². The van der Waals surface area contributed by atoms with E-state index in [2.05, 4.69) is 0 Å². The van der Waals surface area contributed by atoms with Crippen LogP contribution in [0.15, 0.2) is 72.1 Å². The van der Waals surface area contributed by atoms with Crippen LogP contribution in [0.25, 0.3) is 0 Å². The van der Waals surface area contributed by atoms with E-state index in [-0.39, 0.29) is 11.6 Å². The van der Waals surface area contributed by atoms with E-state index >= 15 is 0 Å². The van der Waals surface area contributed by atoms with Gasteiger partial charge in [-0.05, 0) is 35.7 Å². The Morgan fingerprint density at radius 3 is 2.27 bits per heavy atom. The molecule has 2 aliphatic rings. The number of fused-ring (bicyclic) bond motifs is 1. The number of carbonyl (C=O) groups excluding carboxylic acids is 2. The van der Waals surface area contributed by atoms with E-state index in [0.717, 1.165) is 15.5 Å². The van der Waals surface area contributed by atoms with Gasteiger partial charge in [0.15, 0.2) is 6.10 Å². The van der Waals surface area contributed by atoms with Crippen LogP contribution in [-0.2, 0) is 14.4 Å². The number of non-ortho nitro benzene ring substituents is 1. The lowest BCUT2D eigenvalue weighted by molar-refractivity contribution is -0.384. The Morgan fingerprint density at radius 1 is 0.900 bits per heavy atom. The molecule has 2 aliphatic heterocycles. The van der Waals surface area contributed by atoms with Gasteiger partial charge in [-0.15, -0.1) is 11.3 Å². The van der Waals surface area contributed by atoms with Gasteiger partial charge in [-0.25, -0.2) is 9.96 Å². The van der Waals surface area contributed by atoms with Crippen LogP contribution in [0.4, 0.5) is 17.1 Å². The molecule has 0 unspecified atom stereocenters. The summed E-state index contributed by atoms with van der Waals surface area (Å²) in [6.07, 6.45) is -0.958. The minimum Gasteiger partial charge on any atom is -0.273 e. The van der Waals surface area contributed by atoms with Crippen LogP contribution in [0, 0.1) is 16.0 Å². The second-order valence-electron chi connectivity index (χ2n) is 6.96. The number of nitrogens with zero attached hydrogens (tertiary/aromatic N) is 3. The van der Waals surface area contributed by atoms with E-state index in [0.29, 0.717) is 5.69 Å². The van der Waals surface area contributed by atoms with Gasteiger partial charge in [0, 0.05) is 17.0 Å². The van der Waals surface area contributed by atoms with Crippen LogP contribution in [0.3, 0.4) is 0 Å². The Morgan fingerprint density at radius 2 is 1.63 bits per heavy atom. The number of amides is 2. The lowest BCUT2D eigenvalue weighted by Gasteiger charge is -2.27. The van der Waals surface area contributed by atoms with Crippen LogP contribution < -0.4 is 9.96 Å². The zero-order chi connectivity index (χ0) is 20.8. The first-order chi connectivity index (χ1) is 14.6. The molecule has 30 heavy (non-hydrogen) atoms. The molecule has 2 amide bonds.